The molecule has 68 heavy (non-hydrogen) atoms. The first-order valence-corrected chi connectivity index (χ1v) is 26.8. The largest absolute Gasteiger partial charge is 0.481 e. The fourth-order valence-electron chi connectivity index (χ4n) is 7.99. The Morgan fingerprint density at radius 1 is 0.441 bits per heavy atom. The van der Waals surface area contributed by atoms with E-state index in [1.54, 1.807) is 57.5 Å². The van der Waals surface area contributed by atoms with E-state index in [2.05, 4.69) is 95.7 Å². The molecule has 0 radical (unpaired) electrons. The van der Waals surface area contributed by atoms with Gasteiger partial charge < -0.3 is 29.2 Å². The summed E-state index contributed by atoms with van der Waals surface area (Å²) in [5.41, 5.74) is 3.16. The maximum Gasteiger partial charge on any atom is 0.341 e. The van der Waals surface area contributed by atoms with Gasteiger partial charge in [-0.2, -0.15) is 0 Å². The third kappa shape index (κ3) is 10.7. The van der Waals surface area contributed by atoms with Crippen molar-refractivity contribution < 1.29 is 38.7 Å². The Labute approximate surface area is 416 Å². The number of hydrogen-bond donors (Lipinski definition) is 2. The lowest BCUT2D eigenvalue weighted by atomic mass is 9.91. The van der Waals surface area contributed by atoms with Crippen molar-refractivity contribution in [3.8, 4) is 61.6 Å². The first kappa shape index (κ1) is 45.8. The smallest absolute Gasteiger partial charge is 0.341 e. The molecule has 0 fully saturated rings. The number of carboxylic acid groups (broad SMARTS) is 2. The standard InChI is InChI=1S/C54H42O8S6/c55-51(56)31-61-41-13-7-35-27-33(29-59-23-21-37-9-15-47(65-37)49-19-17-45(67-49)43-3-1-25-63-43)5-11-39(35)53(41)54-40-12-6-34(28-36(40)8-14-42(54)62-32-52(57)58)30-60-24-22-38-10-16-48(66-38)50-20-18-46(68-50)44-4-2-26-64-44/h1-20,25-28H,21-24,29-32H2,(H,55,56)(H,57,58). The third-order valence-electron chi connectivity index (χ3n) is 11.1. The Bertz CT molecular complexity index is 3110. The van der Waals surface area contributed by atoms with Crippen LogP contribution in [0.5, 0.6) is 11.5 Å². The first-order valence-electron chi connectivity index (χ1n) is 21.7. The Balaban J connectivity index is 0.844. The summed E-state index contributed by atoms with van der Waals surface area (Å²) in [5.74, 6) is -1.56. The van der Waals surface area contributed by atoms with E-state index in [1.807, 2.05) is 59.1 Å². The highest BCUT2D eigenvalue weighted by atomic mass is 32.1. The Kier molecular flexibility index (Phi) is 14.2. The topological polar surface area (TPSA) is 112 Å². The molecule has 0 saturated carbocycles. The molecule has 4 aromatic carbocycles. The van der Waals surface area contributed by atoms with Crippen LogP contribution in [0.4, 0.5) is 0 Å². The number of ether oxygens (including phenoxy) is 4. The number of hydrogen-bond acceptors (Lipinski definition) is 12. The highest BCUT2D eigenvalue weighted by Gasteiger charge is 2.21. The number of thiophene rings is 6. The SMILES string of the molecule is O=C(O)COc1ccc2cc(COCCc3ccc(-c4ccc(-c5cccs5)s4)s3)ccc2c1-c1c(OCC(=O)O)ccc2cc(COCCc3ccc(-c4ccc(-c5cccs5)s4)s3)ccc12. The van der Waals surface area contributed by atoms with Gasteiger partial charge in [0.2, 0.25) is 0 Å². The number of rotatable bonds is 21. The van der Waals surface area contributed by atoms with Crippen LogP contribution >= 0.6 is 68.0 Å². The summed E-state index contributed by atoms with van der Waals surface area (Å²) in [6.45, 7) is 0.812. The van der Waals surface area contributed by atoms with Gasteiger partial charge in [0.15, 0.2) is 13.2 Å². The second kappa shape index (κ2) is 21.1. The number of benzene rings is 4. The number of carbonyl (C=O) groups is 2. The second-order valence-corrected chi connectivity index (χ2v) is 22.2. The van der Waals surface area contributed by atoms with Crippen molar-refractivity contribution in [2.75, 3.05) is 26.4 Å². The van der Waals surface area contributed by atoms with Crippen LogP contribution in [0.1, 0.15) is 20.9 Å². The summed E-state index contributed by atoms with van der Waals surface area (Å²) in [7, 11) is 0. The summed E-state index contributed by atoms with van der Waals surface area (Å²) >= 11 is 10.7. The molecule has 6 aromatic heterocycles. The number of aliphatic carboxylic acids is 2. The molecule has 0 aliphatic heterocycles. The van der Waals surface area contributed by atoms with E-state index in [4.69, 9.17) is 18.9 Å². The van der Waals surface area contributed by atoms with E-state index in [0.29, 0.717) is 49.1 Å². The average molecular weight is 1010 g/mol. The van der Waals surface area contributed by atoms with Crippen molar-refractivity contribution in [2.24, 2.45) is 0 Å². The molecular formula is C54H42O8S6. The quantitative estimate of drug-likeness (QED) is 0.0685. The molecule has 0 bridgehead atoms. The molecule has 342 valence electrons. The zero-order valence-corrected chi connectivity index (χ0v) is 41.2. The Morgan fingerprint density at radius 2 is 0.853 bits per heavy atom. The van der Waals surface area contributed by atoms with E-state index in [1.165, 1.54) is 48.8 Å². The lowest BCUT2D eigenvalue weighted by Gasteiger charge is -2.19. The summed E-state index contributed by atoms with van der Waals surface area (Å²) in [6, 6.07) is 45.4. The van der Waals surface area contributed by atoms with E-state index in [-0.39, 0.29) is 0 Å². The summed E-state index contributed by atoms with van der Waals surface area (Å²) in [6.07, 6.45) is 1.60. The lowest BCUT2D eigenvalue weighted by Crippen LogP contribution is -2.11. The maximum absolute atomic E-state index is 11.8. The third-order valence-corrected chi connectivity index (χ3v) is 18.1. The molecule has 0 aliphatic rings. The zero-order valence-electron chi connectivity index (χ0n) is 36.3. The summed E-state index contributed by atoms with van der Waals surface area (Å²) in [5, 5.41) is 26.8. The van der Waals surface area contributed by atoms with Crippen molar-refractivity contribution in [3.63, 3.8) is 0 Å². The molecule has 10 rings (SSSR count). The van der Waals surface area contributed by atoms with E-state index < -0.39 is 25.2 Å². The van der Waals surface area contributed by atoms with Crippen LogP contribution in [0.15, 0.2) is 144 Å². The highest BCUT2D eigenvalue weighted by Crippen LogP contribution is 2.46. The average Bonchev–Trinajstić information content (AvgIpc) is 4.21. The van der Waals surface area contributed by atoms with Gasteiger partial charge in [-0.3, -0.25) is 0 Å². The molecule has 0 saturated heterocycles. The highest BCUT2D eigenvalue weighted by molar-refractivity contribution is 7.27. The number of carboxylic acids is 2. The molecule has 0 spiro atoms. The van der Waals surface area contributed by atoms with Crippen LogP contribution in [0.2, 0.25) is 0 Å². The van der Waals surface area contributed by atoms with Crippen molar-refractivity contribution >= 4 is 102 Å². The molecule has 10 aromatic rings. The lowest BCUT2D eigenvalue weighted by molar-refractivity contribution is -0.140. The molecule has 2 N–H and O–H groups in total. The molecule has 0 aliphatic carbocycles. The van der Waals surface area contributed by atoms with Crippen molar-refractivity contribution in [1.29, 1.82) is 0 Å². The molecule has 6 heterocycles. The van der Waals surface area contributed by atoms with Gasteiger partial charge in [-0.15, -0.1) is 68.0 Å². The first-order chi connectivity index (χ1) is 33.3. The van der Waals surface area contributed by atoms with Crippen LogP contribution in [0.25, 0.3) is 71.7 Å². The predicted molar refractivity (Wildman–Crippen MR) is 282 cm³/mol. The predicted octanol–water partition coefficient (Wildman–Crippen LogP) is 15.1. The van der Waals surface area contributed by atoms with Gasteiger partial charge in [-0.1, -0.05) is 48.5 Å². The summed E-state index contributed by atoms with van der Waals surface area (Å²) < 4.78 is 24.3. The van der Waals surface area contributed by atoms with Crippen molar-refractivity contribution in [2.45, 2.75) is 26.1 Å². The molecule has 0 unspecified atom stereocenters. The Hall–Kier alpha value is -5.94. The molecule has 0 atom stereocenters. The minimum Gasteiger partial charge on any atom is -0.481 e. The van der Waals surface area contributed by atoms with E-state index >= 15 is 0 Å². The zero-order chi connectivity index (χ0) is 46.4. The van der Waals surface area contributed by atoms with Gasteiger partial charge in [-0.05, 0) is 128 Å². The molecule has 0 amide bonds. The van der Waals surface area contributed by atoms with Crippen molar-refractivity contribution in [1.82, 2.24) is 0 Å². The van der Waals surface area contributed by atoms with Gasteiger partial charge in [-0.25, -0.2) is 9.59 Å². The van der Waals surface area contributed by atoms with Crippen LogP contribution in [-0.4, -0.2) is 48.6 Å². The molecular weight excluding hydrogens is 969 g/mol. The van der Waals surface area contributed by atoms with Gasteiger partial charge in [0.05, 0.1) is 26.4 Å². The van der Waals surface area contributed by atoms with Crippen LogP contribution in [-0.2, 0) is 45.1 Å². The van der Waals surface area contributed by atoms with Crippen LogP contribution in [0, 0.1) is 0 Å². The fraction of sp³-hybridized carbons (Fsp3) is 0.148. The Morgan fingerprint density at radius 3 is 1.26 bits per heavy atom. The van der Waals surface area contributed by atoms with E-state index in [0.717, 1.165) is 45.5 Å². The van der Waals surface area contributed by atoms with Gasteiger partial charge >= 0.3 is 11.9 Å². The van der Waals surface area contributed by atoms with Gasteiger partial charge in [0.25, 0.3) is 0 Å². The van der Waals surface area contributed by atoms with E-state index in [9.17, 15) is 19.8 Å². The maximum atomic E-state index is 11.8. The van der Waals surface area contributed by atoms with Gasteiger partial charge in [0, 0.05) is 72.7 Å². The number of fused-ring (bicyclic) bond motifs is 2. The summed E-state index contributed by atoms with van der Waals surface area (Å²) in [4.78, 5) is 36.3. The second-order valence-electron chi connectivity index (χ2n) is 15.8. The van der Waals surface area contributed by atoms with Crippen LogP contribution < -0.4 is 9.47 Å². The van der Waals surface area contributed by atoms with Gasteiger partial charge in [0.1, 0.15) is 11.5 Å². The molecule has 14 heteroatoms. The molecule has 8 nitrogen and oxygen atoms in total. The normalized spacial score (nSPS) is 11.5. The minimum atomic E-state index is -1.12. The monoisotopic (exact) mass is 1010 g/mol. The minimum absolute atomic E-state index is 0.336. The van der Waals surface area contributed by atoms with Crippen LogP contribution in [0.3, 0.4) is 0 Å². The fourth-order valence-corrected chi connectivity index (χ4v) is 13.8. The van der Waals surface area contributed by atoms with Crippen molar-refractivity contribution in [3.05, 3.63) is 165 Å².